The van der Waals surface area contributed by atoms with Crippen LogP contribution in [0.3, 0.4) is 0 Å². The topological polar surface area (TPSA) is 39.5 Å². The molecule has 0 saturated carbocycles. The molecule has 0 radical (unpaired) electrons. The van der Waals surface area contributed by atoms with E-state index in [4.69, 9.17) is 9.47 Å². The highest BCUT2D eigenvalue weighted by Crippen LogP contribution is 2.26. The monoisotopic (exact) mass is 349 g/mol. The van der Waals surface area contributed by atoms with Crippen LogP contribution in [0.25, 0.3) is 5.69 Å². The van der Waals surface area contributed by atoms with Gasteiger partial charge in [0, 0.05) is 32.0 Å². The predicted octanol–water partition coefficient (Wildman–Crippen LogP) is 3.45. The number of aryl methyl sites for hydroxylation is 1. The first-order valence-electron chi connectivity index (χ1n) is 8.84. The molecule has 0 aliphatic carbocycles. The molecule has 2 heterocycles. The van der Waals surface area contributed by atoms with E-state index in [9.17, 15) is 0 Å². The number of hydrogen-bond donors (Lipinski definition) is 0. The average Bonchev–Trinajstić information content (AvgIpc) is 3.15. The van der Waals surface area contributed by atoms with Crippen LogP contribution < -0.4 is 9.47 Å². The summed E-state index contributed by atoms with van der Waals surface area (Å²) in [6.45, 7) is 4.77. The molecule has 0 N–H and O–H groups in total. The maximum Gasteiger partial charge on any atom is 0.124 e. The molecule has 1 aromatic heterocycles. The third-order valence-corrected chi connectivity index (χ3v) is 4.74. The van der Waals surface area contributed by atoms with Gasteiger partial charge in [0.2, 0.25) is 0 Å². The van der Waals surface area contributed by atoms with Gasteiger partial charge in [0.05, 0.1) is 12.8 Å². The van der Waals surface area contributed by atoms with Crippen LogP contribution in [0, 0.1) is 6.92 Å². The molecule has 2 aromatic carbocycles. The first-order chi connectivity index (χ1) is 12.7. The van der Waals surface area contributed by atoms with Crippen molar-refractivity contribution in [1.29, 1.82) is 0 Å². The number of rotatable bonds is 6. The first kappa shape index (κ1) is 16.7. The van der Waals surface area contributed by atoms with E-state index in [-0.39, 0.29) is 6.10 Å². The van der Waals surface area contributed by atoms with Crippen LogP contribution in [0.5, 0.6) is 11.5 Å². The van der Waals surface area contributed by atoms with Gasteiger partial charge in [0.25, 0.3) is 0 Å². The molecule has 26 heavy (non-hydrogen) atoms. The Morgan fingerprint density at radius 2 is 1.96 bits per heavy atom. The summed E-state index contributed by atoms with van der Waals surface area (Å²) in [4.78, 5) is 2.38. The number of hydrogen-bond acceptors (Lipinski definition) is 4. The van der Waals surface area contributed by atoms with Crippen molar-refractivity contribution in [3.8, 4) is 17.2 Å². The summed E-state index contributed by atoms with van der Waals surface area (Å²) in [5.74, 6) is 1.85. The molecule has 3 aromatic rings. The lowest BCUT2D eigenvalue weighted by atomic mass is 10.1. The Kier molecular flexibility index (Phi) is 4.63. The van der Waals surface area contributed by atoms with Crippen LogP contribution in [0.4, 0.5) is 0 Å². The number of methoxy groups -OCH3 is 1. The van der Waals surface area contributed by atoms with Gasteiger partial charge >= 0.3 is 0 Å². The molecule has 1 aliphatic rings. The fourth-order valence-electron chi connectivity index (χ4n) is 3.29. The molecule has 5 heteroatoms. The van der Waals surface area contributed by atoms with Gasteiger partial charge in [0.1, 0.15) is 17.6 Å². The molecule has 1 aliphatic heterocycles. The lowest BCUT2D eigenvalue weighted by Crippen LogP contribution is -2.53. The number of para-hydroxylation sites is 1. The molecule has 0 atom stereocenters. The minimum atomic E-state index is 0.245. The third-order valence-electron chi connectivity index (χ3n) is 4.74. The van der Waals surface area contributed by atoms with Gasteiger partial charge < -0.3 is 9.47 Å². The summed E-state index contributed by atoms with van der Waals surface area (Å²) in [6.07, 6.45) is 4.00. The zero-order valence-electron chi connectivity index (χ0n) is 15.1. The second-order valence-electron chi connectivity index (χ2n) is 6.64. The van der Waals surface area contributed by atoms with Crippen molar-refractivity contribution in [3.63, 3.8) is 0 Å². The van der Waals surface area contributed by atoms with Gasteiger partial charge in [-0.3, -0.25) is 4.90 Å². The van der Waals surface area contributed by atoms with Gasteiger partial charge in [-0.2, -0.15) is 5.10 Å². The quantitative estimate of drug-likeness (QED) is 0.683. The van der Waals surface area contributed by atoms with E-state index in [0.717, 1.165) is 36.8 Å². The highest BCUT2D eigenvalue weighted by molar-refractivity contribution is 5.45. The zero-order valence-corrected chi connectivity index (χ0v) is 15.1. The molecular formula is C21H23N3O2. The van der Waals surface area contributed by atoms with Crippen molar-refractivity contribution >= 4 is 0 Å². The van der Waals surface area contributed by atoms with Crippen molar-refractivity contribution in [2.75, 3.05) is 20.2 Å². The van der Waals surface area contributed by atoms with Crippen molar-refractivity contribution in [3.05, 3.63) is 72.1 Å². The first-order valence-corrected chi connectivity index (χ1v) is 8.84. The highest BCUT2D eigenvalue weighted by atomic mass is 16.5. The second kappa shape index (κ2) is 7.22. The van der Waals surface area contributed by atoms with Crippen LogP contribution in [0.2, 0.25) is 0 Å². The van der Waals surface area contributed by atoms with E-state index in [1.807, 2.05) is 41.2 Å². The molecule has 4 rings (SSSR count). The SMILES string of the molecule is COc1ccc(-n2cccn2)c(CN2CC(Oc3ccccc3C)C2)c1. The lowest BCUT2D eigenvalue weighted by molar-refractivity contribution is 0.0141. The van der Waals surface area contributed by atoms with Gasteiger partial charge in [0.15, 0.2) is 0 Å². The molecular weight excluding hydrogens is 326 g/mol. The summed E-state index contributed by atoms with van der Waals surface area (Å²) in [5.41, 5.74) is 3.46. The number of likely N-dealkylation sites (tertiary alicyclic amines) is 1. The lowest BCUT2D eigenvalue weighted by Gasteiger charge is -2.39. The van der Waals surface area contributed by atoms with Gasteiger partial charge in [-0.1, -0.05) is 18.2 Å². The van der Waals surface area contributed by atoms with Crippen LogP contribution in [0.15, 0.2) is 60.9 Å². The number of aromatic nitrogens is 2. The second-order valence-corrected chi connectivity index (χ2v) is 6.64. The molecule has 1 saturated heterocycles. The van der Waals surface area contributed by atoms with Gasteiger partial charge in [-0.15, -0.1) is 0 Å². The molecule has 0 spiro atoms. The minimum absolute atomic E-state index is 0.245. The molecule has 0 amide bonds. The summed E-state index contributed by atoms with van der Waals surface area (Å²) >= 11 is 0. The highest BCUT2D eigenvalue weighted by Gasteiger charge is 2.29. The third kappa shape index (κ3) is 3.44. The fourth-order valence-corrected chi connectivity index (χ4v) is 3.29. The standard InChI is InChI=1S/C21H23N3O2/c1-16-6-3-4-7-21(16)26-19-14-23(15-19)13-17-12-18(25-2)8-9-20(17)24-11-5-10-22-24/h3-12,19H,13-15H2,1-2H3. The van der Waals surface area contributed by atoms with E-state index in [1.165, 1.54) is 11.1 Å². The summed E-state index contributed by atoms with van der Waals surface area (Å²) < 4.78 is 13.4. The average molecular weight is 349 g/mol. The molecule has 0 unspecified atom stereocenters. The number of nitrogens with zero attached hydrogens (tertiary/aromatic N) is 3. The Morgan fingerprint density at radius 1 is 1.12 bits per heavy atom. The van der Waals surface area contributed by atoms with Crippen molar-refractivity contribution < 1.29 is 9.47 Å². The van der Waals surface area contributed by atoms with Crippen LogP contribution in [0.1, 0.15) is 11.1 Å². The molecule has 134 valence electrons. The van der Waals surface area contributed by atoms with E-state index in [2.05, 4.69) is 35.1 Å². The van der Waals surface area contributed by atoms with E-state index >= 15 is 0 Å². The maximum atomic E-state index is 6.11. The van der Waals surface area contributed by atoms with Crippen LogP contribution in [-0.2, 0) is 6.54 Å². The van der Waals surface area contributed by atoms with Crippen molar-refractivity contribution in [2.24, 2.45) is 0 Å². The normalized spacial score (nSPS) is 14.8. The molecule has 5 nitrogen and oxygen atoms in total. The Bertz CT molecular complexity index is 871. The zero-order chi connectivity index (χ0) is 17.9. The molecule has 0 bridgehead atoms. The maximum absolute atomic E-state index is 6.11. The van der Waals surface area contributed by atoms with Crippen molar-refractivity contribution in [2.45, 2.75) is 19.6 Å². The van der Waals surface area contributed by atoms with E-state index in [0.29, 0.717) is 0 Å². The Morgan fingerprint density at radius 3 is 2.69 bits per heavy atom. The van der Waals surface area contributed by atoms with E-state index in [1.54, 1.807) is 13.3 Å². The summed E-state index contributed by atoms with van der Waals surface area (Å²) in [5, 5.41) is 4.37. The van der Waals surface area contributed by atoms with Gasteiger partial charge in [-0.25, -0.2) is 4.68 Å². The van der Waals surface area contributed by atoms with Crippen LogP contribution in [-0.4, -0.2) is 41.0 Å². The minimum Gasteiger partial charge on any atom is -0.497 e. The number of ether oxygens (including phenoxy) is 2. The van der Waals surface area contributed by atoms with E-state index < -0.39 is 0 Å². The Hall–Kier alpha value is -2.79. The largest absolute Gasteiger partial charge is 0.497 e. The summed E-state index contributed by atoms with van der Waals surface area (Å²) in [6, 6.07) is 16.2. The number of benzene rings is 2. The Labute approximate surface area is 153 Å². The summed E-state index contributed by atoms with van der Waals surface area (Å²) in [7, 11) is 1.70. The Balaban J connectivity index is 1.43. The molecule has 1 fully saturated rings. The van der Waals surface area contributed by atoms with Crippen LogP contribution >= 0.6 is 0 Å². The van der Waals surface area contributed by atoms with Crippen molar-refractivity contribution in [1.82, 2.24) is 14.7 Å². The van der Waals surface area contributed by atoms with Gasteiger partial charge in [-0.05, 0) is 48.4 Å². The fraction of sp³-hybridized carbons (Fsp3) is 0.286. The smallest absolute Gasteiger partial charge is 0.124 e. The predicted molar refractivity (Wildman–Crippen MR) is 101 cm³/mol.